The zero-order chi connectivity index (χ0) is 15.3. The summed E-state index contributed by atoms with van der Waals surface area (Å²) < 4.78 is 5.42. The van der Waals surface area contributed by atoms with Crippen LogP contribution >= 0.6 is 11.8 Å². The lowest BCUT2D eigenvalue weighted by Crippen LogP contribution is -2.48. The van der Waals surface area contributed by atoms with Crippen LogP contribution in [0.2, 0.25) is 0 Å². The number of hydrogen-bond donors (Lipinski definition) is 1. The minimum Gasteiger partial charge on any atom is -0.444 e. The molecule has 2 aliphatic rings. The van der Waals surface area contributed by atoms with Crippen LogP contribution in [0.1, 0.15) is 40.0 Å². The van der Waals surface area contributed by atoms with Crippen LogP contribution in [0.15, 0.2) is 4.99 Å². The van der Waals surface area contributed by atoms with Crippen LogP contribution in [0, 0.1) is 0 Å². The standard InChI is InChI=1S/C15H27N3O2S/c1-15(2,3)20-14(19)18-8-7-16-13(11-18)17-10-12-6-4-5-9-21-12/h12H,4-11H2,1-3H3,(H,16,17). The second kappa shape index (κ2) is 7.38. The molecule has 5 nitrogen and oxygen atoms in total. The van der Waals surface area contributed by atoms with Gasteiger partial charge in [0.1, 0.15) is 11.4 Å². The van der Waals surface area contributed by atoms with Gasteiger partial charge in [0.25, 0.3) is 0 Å². The Bertz CT molecular complexity index is 387. The fraction of sp³-hybridized carbons (Fsp3) is 0.867. The van der Waals surface area contributed by atoms with Gasteiger partial charge in [-0.3, -0.25) is 9.89 Å². The first kappa shape index (κ1) is 16.5. The smallest absolute Gasteiger partial charge is 0.410 e. The van der Waals surface area contributed by atoms with Gasteiger partial charge in [0.2, 0.25) is 0 Å². The number of aliphatic imine (C=N–C) groups is 1. The third kappa shape index (κ3) is 5.77. The summed E-state index contributed by atoms with van der Waals surface area (Å²) in [5.74, 6) is 2.18. The van der Waals surface area contributed by atoms with Gasteiger partial charge in [-0.25, -0.2) is 4.79 Å². The molecule has 0 bridgehead atoms. The van der Waals surface area contributed by atoms with E-state index in [1.54, 1.807) is 4.90 Å². The normalized spacial score (nSPS) is 23.5. The predicted octanol–water partition coefficient (Wildman–Crippen LogP) is 2.51. The molecule has 1 N–H and O–H groups in total. The van der Waals surface area contributed by atoms with Crippen molar-refractivity contribution in [2.24, 2.45) is 4.99 Å². The molecule has 6 heteroatoms. The maximum atomic E-state index is 12.1. The molecule has 0 aromatic rings. The van der Waals surface area contributed by atoms with Crippen molar-refractivity contribution in [2.75, 3.05) is 31.9 Å². The molecule has 2 rings (SSSR count). The Morgan fingerprint density at radius 1 is 1.48 bits per heavy atom. The van der Waals surface area contributed by atoms with E-state index in [-0.39, 0.29) is 6.09 Å². The molecule has 120 valence electrons. The molecule has 0 aromatic heterocycles. The Hall–Kier alpha value is -0.910. The van der Waals surface area contributed by atoms with Gasteiger partial charge >= 0.3 is 6.09 Å². The molecule has 0 saturated carbocycles. The van der Waals surface area contributed by atoms with Gasteiger partial charge in [0.05, 0.1) is 13.1 Å². The number of carbonyl (C=O) groups excluding carboxylic acids is 1. The van der Waals surface area contributed by atoms with Gasteiger partial charge in [-0.2, -0.15) is 11.8 Å². The number of amides is 1. The number of rotatable bonds is 2. The average Bonchev–Trinajstić information content (AvgIpc) is 2.45. The Labute approximate surface area is 131 Å². The van der Waals surface area contributed by atoms with Gasteiger partial charge in [-0.1, -0.05) is 6.42 Å². The predicted molar refractivity (Wildman–Crippen MR) is 88.2 cm³/mol. The number of carbonyl (C=O) groups is 1. The number of nitrogens with one attached hydrogen (secondary N) is 1. The largest absolute Gasteiger partial charge is 0.444 e. The van der Waals surface area contributed by atoms with Crippen molar-refractivity contribution >= 4 is 23.7 Å². The fourth-order valence-corrected chi connectivity index (χ4v) is 3.65. The van der Waals surface area contributed by atoms with Gasteiger partial charge in [0.15, 0.2) is 0 Å². The van der Waals surface area contributed by atoms with Crippen LogP contribution < -0.4 is 5.32 Å². The van der Waals surface area contributed by atoms with Crippen LogP contribution in [0.25, 0.3) is 0 Å². The molecule has 2 aliphatic heterocycles. The van der Waals surface area contributed by atoms with Crippen LogP contribution in [0.4, 0.5) is 4.79 Å². The highest BCUT2D eigenvalue weighted by atomic mass is 32.2. The molecule has 1 amide bonds. The molecule has 0 aliphatic carbocycles. The van der Waals surface area contributed by atoms with Crippen molar-refractivity contribution in [3.05, 3.63) is 0 Å². The maximum absolute atomic E-state index is 12.1. The van der Waals surface area contributed by atoms with Gasteiger partial charge in [0, 0.05) is 18.3 Å². The summed E-state index contributed by atoms with van der Waals surface area (Å²) in [6.45, 7) is 8.45. The van der Waals surface area contributed by atoms with Crippen molar-refractivity contribution in [3.8, 4) is 0 Å². The fourth-order valence-electron chi connectivity index (χ4n) is 2.41. The molecule has 21 heavy (non-hydrogen) atoms. The summed E-state index contributed by atoms with van der Waals surface area (Å²) in [7, 11) is 0. The molecular formula is C15H27N3O2S. The highest BCUT2D eigenvalue weighted by molar-refractivity contribution is 7.99. The van der Waals surface area contributed by atoms with E-state index >= 15 is 0 Å². The van der Waals surface area contributed by atoms with Crippen molar-refractivity contribution in [3.63, 3.8) is 0 Å². The van der Waals surface area contributed by atoms with Gasteiger partial charge in [-0.15, -0.1) is 0 Å². The first-order valence-corrected chi connectivity index (χ1v) is 8.86. The molecule has 1 saturated heterocycles. The first-order valence-electron chi connectivity index (χ1n) is 7.81. The van der Waals surface area contributed by atoms with E-state index in [2.05, 4.69) is 10.3 Å². The Morgan fingerprint density at radius 2 is 2.29 bits per heavy atom. The summed E-state index contributed by atoms with van der Waals surface area (Å²) in [5.41, 5.74) is -0.446. The zero-order valence-electron chi connectivity index (χ0n) is 13.4. The Morgan fingerprint density at radius 3 is 2.95 bits per heavy atom. The van der Waals surface area contributed by atoms with Crippen LogP contribution in [-0.4, -0.2) is 59.6 Å². The van der Waals surface area contributed by atoms with Gasteiger partial charge < -0.3 is 10.1 Å². The molecule has 1 unspecified atom stereocenters. The average molecular weight is 313 g/mol. The van der Waals surface area contributed by atoms with E-state index in [0.29, 0.717) is 24.9 Å². The Kier molecular flexibility index (Phi) is 5.79. The molecule has 1 atom stereocenters. The van der Waals surface area contributed by atoms with E-state index in [1.807, 2.05) is 32.5 Å². The first-order chi connectivity index (χ1) is 9.94. The lowest BCUT2D eigenvalue weighted by atomic mass is 10.2. The molecule has 0 aromatic carbocycles. The van der Waals surface area contributed by atoms with E-state index in [9.17, 15) is 4.79 Å². The second-order valence-electron chi connectivity index (χ2n) is 6.60. The third-order valence-electron chi connectivity index (χ3n) is 3.47. The number of hydrogen-bond acceptors (Lipinski definition) is 5. The van der Waals surface area contributed by atoms with Crippen LogP contribution in [0.3, 0.4) is 0 Å². The quantitative estimate of drug-likeness (QED) is 0.851. The molecule has 0 spiro atoms. The molecule has 1 fully saturated rings. The highest BCUT2D eigenvalue weighted by Crippen LogP contribution is 2.24. The topological polar surface area (TPSA) is 53.9 Å². The monoisotopic (exact) mass is 313 g/mol. The SMILES string of the molecule is CC(C)(C)OC(=O)N1CCN=C(NCC2CCCCS2)C1. The Balaban J connectivity index is 1.77. The number of amidine groups is 1. The van der Waals surface area contributed by atoms with Crippen LogP contribution in [-0.2, 0) is 4.74 Å². The molecular weight excluding hydrogens is 286 g/mol. The molecule has 0 radical (unpaired) electrons. The van der Waals surface area contributed by atoms with E-state index in [4.69, 9.17) is 4.74 Å². The van der Waals surface area contributed by atoms with E-state index < -0.39 is 5.60 Å². The number of thioether (sulfide) groups is 1. The lowest BCUT2D eigenvalue weighted by molar-refractivity contribution is 0.0276. The van der Waals surface area contributed by atoms with Crippen LogP contribution in [0.5, 0.6) is 0 Å². The minimum atomic E-state index is -0.446. The maximum Gasteiger partial charge on any atom is 0.410 e. The number of ether oxygens (including phenoxy) is 1. The number of nitrogens with zero attached hydrogens (tertiary/aromatic N) is 2. The van der Waals surface area contributed by atoms with Crippen molar-refractivity contribution < 1.29 is 9.53 Å². The zero-order valence-corrected chi connectivity index (χ0v) is 14.2. The highest BCUT2D eigenvalue weighted by Gasteiger charge is 2.25. The van der Waals surface area contributed by atoms with Crippen molar-refractivity contribution in [1.29, 1.82) is 0 Å². The third-order valence-corrected chi connectivity index (χ3v) is 4.87. The summed E-state index contributed by atoms with van der Waals surface area (Å²) in [6, 6.07) is 0. The summed E-state index contributed by atoms with van der Waals surface area (Å²) in [4.78, 5) is 18.3. The summed E-state index contributed by atoms with van der Waals surface area (Å²) in [6.07, 6.45) is 3.70. The van der Waals surface area contributed by atoms with Gasteiger partial charge in [-0.05, 0) is 39.4 Å². The molecule has 2 heterocycles. The summed E-state index contributed by atoms with van der Waals surface area (Å²) in [5, 5.41) is 4.10. The second-order valence-corrected chi connectivity index (χ2v) is 8.01. The van der Waals surface area contributed by atoms with Crippen molar-refractivity contribution in [1.82, 2.24) is 10.2 Å². The van der Waals surface area contributed by atoms with E-state index in [1.165, 1.54) is 25.0 Å². The van der Waals surface area contributed by atoms with Crippen molar-refractivity contribution in [2.45, 2.75) is 50.9 Å². The summed E-state index contributed by atoms with van der Waals surface area (Å²) >= 11 is 2.04. The lowest BCUT2D eigenvalue weighted by Gasteiger charge is -2.30. The minimum absolute atomic E-state index is 0.247. The van der Waals surface area contributed by atoms with E-state index in [0.717, 1.165) is 12.4 Å².